The third kappa shape index (κ3) is 3.03. The van der Waals surface area contributed by atoms with Gasteiger partial charge < -0.3 is 5.11 Å². The van der Waals surface area contributed by atoms with E-state index in [0.29, 0.717) is 0 Å². The Morgan fingerprint density at radius 1 is 1.40 bits per heavy atom. The second-order valence-electron chi connectivity index (χ2n) is 3.82. The number of thiophene rings is 1. The van der Waals surface area contributed by atoms with Crippen LogP contribution in [0.1, 0.15) is 20.2 Å². The molecule has 6 nitrogen and oxygen atoms in total. The molecule has 108 valence electrons. The highest BCUT2D eigenvalue weighted by Gasteiger charge is 2.24. The molecule has 2 N–H and O–H groups in total. The maximum Gasteiger partial charge on any atom is 0.345 e. The van der Waals surface area contributed by atoms with Gasteiger partial charge in [-0.15, -0.1) is 22.7 Å². The first-order chi connectivity index (χ1) is 9.20. The van der Waals surface area contributed by atoms with Crippen molar-refractivity contribution >= 4 is 59.7 Å². The lowest BCUT2D eigenvalue weighted by Gasteiger charge is -2.03. The van der Waals surface area contributed by atoms with Gasteiger partial charge in [-0.2, -0.15) is 0 Å². The Bertz CT molecular complexity index is 759. The van der Waals surface area contributed by atoms with E-state index >= 15 is 0 Å². The van der Waals surface area contributed by atoms with Crippen LogP contribution in [0.2, 0.25) is 0 Å². The van der Waals surface area contributed by atoms with Crippen molar-refractivity contribution in [3.8, 4) is 0 Å². The molecule has 10 heteroatoms. The minimum Gasteiger partial charge on any atom is -0.477 e. The molecule has 0 fully saturated rings. The second kappa shape index (κ2) is 5.43. The van der Waals surface area contributed by atoms with E-state index in [4.69, 9.17) is 5.11 Å². The standard InChI is InChI=1S/C10H9BrN2O4S3/c1-4-5(2)18-10(12-4)13-20(16,17)7-3-6(9(14)15)19-8(7)11/h3H,1-2H3,(H,12,13)(H,14,15). The van der Waals surface area contributed by atoms with Gasteiger partial charge in [0.1, 0.15) is 9.77 Å². The van der Waals surface area contributed by atoms with Crippen LogP contribution in [0.25, 0.3) is 0 Å². The van der Waals surface area contributed by atoms with Crippen LogP contribution in [0.15, 0.2) is 14.7 Å². The molecule has 0 aromatic carbocycles. The van der Waals surface area contributed by atoms with Crippen molar-refractivity contribution < 1.29 is 18.3 Å². The fourth-order valence-corrected chi connectivity index (χ4v) is 5.78. The molecule has 2 rings (SSSR count). The molecule has 2 heterocycles. The quantitative estimate of drug-likeness (QED) is 0.827. The molecule has 0 radical (unpaired) electrons. The van der Waals surface area contributed by atoms with Crippen LogP contribution in [-0.4, -0.2) is 24.5 Å². The number of thiazole rings is 1. The number of sulfonamides is 1. The number of aromatic carboxylic acids is 1. The van der Waals surface area contributed by atoms with Gasteiger partial charge in [0.2, 0.25) is 0 Å². The van der Waals surface area contributed by atoms with E-state index in [2.05, 4.69) is 25.6 Å². The Hall–Kier alpha value is -0.970. The smallest absolute Gasteiger partial charge is 0.345 e. The molecule has 0 saturated heterocycles. The van der Waals surface area contributed by atoms with Gasteiger partial charge in [0.05, 0.1) is 9.48 Å². The van der Waals surface area contributed by atoms with Crippen molar-refractivity contribution in [3.63, 3.8) is 0 Å². The number of hydrogen-bond acceptors (Lipinski definition) is 6. The zero-order chi connectivity index (χ0) is 15.1. The third-order valence-electron chi connectivity index (χ3n) is 2.41. The summed E-state index contributed by atoms with van der Waals surface area (Å²) in [5.74, 6) is -1.17. The van der Waals surface area contributed by atoms with Gasteiger partial charge in [0.15, 0.2) is 5.13 Å². The summed E-state index contributed by atoms with van der Waals surface area (Å²) >= 11 is 5.15. The summed E-state index contributed by atoms with van der Waals surface area (Å²) in [7, 11) is -3.86. The van der Waals surface area contributed by atoms with Gasteiger partial charge in [-0.1, -0.05) is 0 Å². The number of nitrogens with one attached hydrogen (secondary N) is 1. The summed E-state index contributed by atoms with van der Waals surface area (Å²) in [4.78, 5) is 15.7. The molecule has 0 amide bonds. The molecule has 0 aliphatic heterocycles. The molecule has 0 bridgehead atoms. The van der Waals surface area contributed by atoms with Gasteiger partial charge in [-0.3, -0.25) is 4.72 Å². The van der Waals surface area contributed by atoms with Crippen LogP contribution in [0.5, 0.6) is 0 Å². The van der Waals surface area contributed by atoms with Gasteiger partial charge in [0.25, 0.3) is 10.0 Å². The minimum atomic E-state index is -3.86. The van der Waals surface area contributed by atoms with Crippen molar-refractivity contribution in [2.75, 3.05) is 4.72 Å². The van der Waals surface area contributed by atoms with E-state index in [1.165, 1.54) is 11.3 Å². The highest BCUT2D eigenvalue weighted by Crippen LogP contribution is 2.33. The Morgan fingerprint density at radius 3 is 2.50 bits per heavy atom. The highest BCUT2D eigenvalue weighted by atomic mass is 79.9. The number of rotatable bonds is 4. The van der Waals surface area contributed by atoms with E-state index in [1.807, 2.05) is 6.92 Å². The number of anilines is 1. The predicted octanol–water partition coefficient (Wildman–Crippen LogP) is 3.08. The Morgan fingerprint density at radius 2 is 2.05 bits per heavy atom. The van der Waals surface area contributed by atoms with Crippen molar-refractivity contribution in [1.82, 2.24) is 4.98 Å². The predicted molar refractivity (Wildman–Crippen MR) is 81.4 cm³/mol. The number of aromatic nitrogens is 1. The van der Waals surface area contributed by atoms with Crippen LogP contribution < -0.4 is 4.72 Å². The average molecular weight is 397 g/mol. The fraction of sp³-hybridized carbons (Fsp3) is 0.200. The number of aryl methyl sites for hydroxylation is 2. The average Bonchev–Trinajstić information content (AvgIpc) is 2.83. The van der Waals surface area contributed by atoms with Crippen LogP contribution in [0, 0.1) is 13.8 Å². The zero-order valence-corrected chi connectivity index (χ0v) is 14.3. The number of carboxylic acids is 1. The van der Waals surface area contributed by atoms with Gasteiger partial charge in [-0.25, -0.2) is 18.2 Å². The van der Waals surface area contributed by atoms with E-state index in [-0.39, 0.29) is 18.7 Å². The Labute approximate surface area is 131 Å². The van der Waals surface area contributed by atoms with Crippen LogP contribution in [0.3, 0.4) is 0 Å². The molecule has 2 aromatic rings. The monoisotopic (exact) mass is 396 g/mol. The largest absolute Gasteiger partial charge is 0.477 e. The van der Waals surface area contributed by atoms with Crippen molar-refractivity contribution in [3.05, 3.63) is 25.3 Å². The minimum absolute atomic E-state index is 0.0521. The molecule has 0 aliphatic carbocycles. The molecule has 0 aliphatic rings. The topological polar surface area (TPSA) is 96.4 Å². The number of halogens is 1. The molecular weight excluding hydrogens is 388 g/mol. The number of nitrogens with zero attached hydrogens (tertiary/aromatic N) is 1. The van der Waals surface area contributed by atoms with E-state index < -0.39 is 16.0 Å². The van der Waals surface area contributed by atoms with Crippen LogP contribution in [-0.2, 0) is 10.0 Å². The second-order valence-corrected chi connectivity index (χ2v) is 9.04. The summed E-state index contributed by atoms with van der Waals surface area (Å²) in [6.07, 6.45) is 0. The lowest BCUT2D eigenvalue weighted by Crippen LogP contribution is -2.12. The first-order valence-corrected chi connectivity index (χ1v) is 9.11. The summed E-state index contributed by atoms with van der Waals surface area (Å²) in [5, 5.41) is 9.14. The Balaban J connectivity index is 2.37. The first kappa shape index (κ1) is 15.4. The highest BCUT2D eigenvalue weighted by molar-refractivity contribution is 9.11. The number of hydrogen-bond donors (Lipinski definition) is 2. The first-order valence-electron chi connectivity index (χ1n) is 5.20. The van der Waals surface area contributed by atoms with Gasteiger partial charge in [0, 0.05) is 4.88 Å². The molecule has 2 aromatic heterocycles. The van der Waals surface area contributed by atoms with Crippen molar-refractivity contribution in [1.29, 1.82) is 0 Å². The fourth-order valence-electron chi connectivity index (χ4n) is 1.33. The molecule has 20 heavy (non-hydrogen) atoms. The Kier molecular flexibility index (Phi) is 4.19. The van der Waals surface area contributed by atoms with E-state index in [0.717, 1.165) is 28.0 Å². The summed E-state index contributed by atoms with van der Waals surface area (Å²) in [6, 6.07) is 1.12. The summed E-state index contributed by atoms with van der Waals surface area (Å²) < 4.78 is 27.0. The SMILES string of the molecule is Cc1nc(NS(=O)(=O)c2cc(C(=O)O)sc2Br)sc1C. The molecule has 0 unspecified atom stereocenters. The zero-order valence-electron chi connectivity index (χ0n) is 10.3. The number of carboxylic acid groups (broad SMARTS) is 1. The van der Waals surface area contributed by atoms with Crippen LogP contribution >= 0.6 is 38.6 Å². The maximum absolute atomic E-state index is 12.2. The van der Waals surface area contributed by atoms with Gasteiger partial charge >= 0.3 is 5.97 Å². The van der Waals surface area contributed by atoms with Crippen molar-refractivity contribution in [2.45, 2.75) is 18.7 Å². The molecule has 0 spiro atoms. The normalized spacial score (nSPS) is 11.6. The summed E-state index contributed by atoms with van der Waals surface area (Å²) in [6.45, 7) is 3.63. The maximum atomic E-state index is 12.2. The van der Waals surface area contributed by atoms with Gasteiger partial charge in [-0.05, 0) is 35.8 Å². The lowest BCUT2D eigenvalue weighted by atomic mass is 10.4. The number of carbonyl (C=O) groups is 1. The lowest BCUT2D eigenvalue weighted by molar-refractivity contribution is 0.0702. The van der Waals surface area contributed by atoms with Crippen molar-refractivity contribution in [2.24, 2.45) is 0 Å². The molecule has 0 saturated carbocycles. The third-order valence-corrected chi connectivity index (χ3v) is 7.10. The molecular formula is C10H9BrN2O4S3. The molecule has 0 atom stereocenters. The van der Waals surface area contributed by atoms with E-state index in [1.54, 1.807) is 6.92 Å². The summed E-state index contributed by atoms with van der Waals surface area (Å²) in [5.41, 5.74) is 0.753. The van der Waals surface area contributed by atoms with E-state index in [9.17, 15) is 13.2 Å². The van der Waals surface area contributed by atoms with Crippen LogP contribution in [0.4, 0.5) is 5.13 Å².